The summed E-state index contributed by atoms with van der Waals surface area (Å²) in [6.45, 7) is 9.04. The van der Waals surface area contributed by atoms with Gasteiger partial charge in [-0.15, -0.1) is 0 Å². The van der Waals surface area contributed by atoms with E-state index < -0.39 is 0 Å². The molecule has 0 amide bonds. The van der Waals surface area contributed by atoms with Crippen LogP contribution in [0.3, 0.4) is 0 Å². The molecule has 0 saturated heterocycles. The third-order valence-electron chi connectivity index (χ3n) is 12.2. The molecule has 2 heterocycles. The zero-order valence-corrected chi connectivity index (χ0v) is 34.1. The Hall–Kier alpha value is -6.45. The van der Waals surface area contributed by atoms with E-state index in [1.54, 1.807) is 5.57 Å². The van der Waals surface area contributed by atoms with Crippen molar-refractivity contribution in [1.82, 2.24) is 9.55 Å². The second kappa shape index (κ2) is 15.8. The van der Waals surface area contributed by atoms with Gasteiger partial charge in [-0.2, -0.15) is 0 Å². The van der Waals surface area contributed by atoms with Gasteiger partial charge in [0.1, 0.15) is 0 Å². The molecule has 4 aromatic rings. The number of pyridine rings is 1. The van der Waals surface area contributed by atoms with E-state index in [1.165, 1.54) is 50.1 Å². The lowest BCUT2D eigenvalue weighted by atomic mass is 9.78. The van der Waals surface area contributed by atoms with E-state index in [4.69, 9.17) is 4.98 Å². The molecular weight excluding hydrogens is 703 g/mol. The van der Waals surface area contributed by atoms with E-state index in [9.17, 15) is 0 Å². The summed E-state index contributed by atoms with van der Waals surface area (Å²) in [5.74, 6) is 0.240. The molecule has 0 saturated carbocycles. The van der Waals surface area contributed by atoms with E-state index >= 15 is 0 Å². The van der Waals surface area contributed by atoms with Gasteiger partial charge in [0, 0.05) is 44.9 Å². The van der Waals surface area contributed by atoms with Gasteiger partial charge >= 0.3 is 0 Å². The molecule has 0 radical (unpaired) electrons. The Balaban J connectivity index is 1.10. The van der Waals surface area contributed by atoms with Crippen LogP contribution in [0.5, 0.6) is 0 Å². The van der Waals surface area contributed by atoms with Crippen LogP contribution in [0.4, 0.5) is 11.4 Å². The zero-order valence-electron chi connectivity index (χ0n) is 34.1. The van der Waals surface area contributed by atoms with Crippen molar-refractivity contribution in [2.75, 3.05) is 4.90 Å². The number of rotatable bonds is 7. The molecule has 9 rings (SSSR count). The van der Waals surface area contributed by atoms with Gasteiger partial charge in [-0.1, -0.05) is 141 Å². The summed E-state index contributed by atoms with van der Waals surface area (Å²) in [5.41, 5.74) is 17.4. The van der Waals surface area contributed by atoms with Crippen LogP contribution in [-0.2, 0) is 0 Å². The summed E-state index contributed by atoms with van der Waals surface area (Å²) in [6.07, 6.45) is 50.5. The number of benzene rings is 2. The second-order valence-electron chi connectivity index (χ2n) is 16.2. The van der Waals surface area contributed by atoms with Crippen LogP contribution in [-0.4, -0.2) is 9.55 Å². The minimum Gasteiger partial charge on any atom is -0.313 e. The molecule has 2 aromatic heterocycles. The van der Waals surface area contributed by atoms with Crippen LogP contribution in [0.2, 0.25) is 0 Å². The number of anilines is 2. The lowest BCUT2D eigenvalue weighted by molar-refractivity contribution is 0.536. The molecule has 2 aromatic carbocycles. The quantitative estimate of drug-likeness (QED) is 0.175. The summed E-state index contributed by atoms with van der Waals surface area (Å²) in [4.78, 5) is 7.56. The largest absolute Gasteiger partial charge is 0.313 e. The predicted molar refractivity (Wildman–Crippen MR) is 249 cm³/mol. The molecule has 0 unspecified atom stereocenters. The lowest BCUT2D eigenvalue weighted by Crippen LogP contribution is -2.17. The van der Waals surface area contributed by atoms with Gasteiger partial charge in [0.15, 0.2) is 0 Å². The number of hydrogen-bond donors (Lipinski definition) is 0. The summed E-state index contributed by atoms with van der Waals surface area (Å²) in [7, 11) is 0. The Morgan fingerprint density at radius 1 is 0.828 bits per heavy atom. The van der Waals surface area contributed by atoms with Crippen molar-refractivity contribution in [1.29, 1.82) is 0 Å². The first-order valence-corrected chi connectivity index (χ1v) is 20.8. The fourth-order valence-electron chi connectivity index (χ4n) is 9.30. The van der Waals surface area contributed by atoms with Crippen molar-refractivity contribution in [3.63, 3.8) is 0 Å². The predicted octanol–water partition coefficient (Wildman–Crippen LogP) is 14.9. The van der Waals surface area contributed by atoms with Gasteiger partial charge in [-0.25, -0.2) is 0 Å². The van der Waals surface area contributed by atoms with Crippen molar-refractivity contribution < 1.29 is 0 Å². The van der Waals surface area contributed by atoms with Gasteiger partial charge in [-0.3, -0.25) is 4.98 Å². The van der Waals surface area contributed by atoms with Gasteiger partial charge in [0.25, 0.3) is 0 Å². The Bertz CT molecular complexity index is 2660. The topological polar surface area (TPSA) is 21.1 Å². The fourth-order valence-corrected chi connectivity index (χ4v) is 9.30. The number of hydrogen-bond acceptors (Lipinski definition) is 2. The van der Waals surface area contributed by atoms with Gasteiger partial charge in [0.2, 0.25) is 0 Å². The maximum Gasteiger partial charge on any atom is 0.0703 e. The molecule has 0 fully saturated rings. The Morgan fingerprint density at radius 3 is 2.43 bits per heavy atom. The molecule has 5 aliphatic rings. The van der Waals surface area contributed by atoms with Crippen molar-refractivity contribution in [3.05, 3.63) is 215 Å². The highest BCUT2D eigenvalue weighted by molar-refractivity contribution is 5.99. The number of fused-ring (bicyclic) bond motifs is 4. The molecule has 0 spiro atoms. The molecule has 3 nitrogen and oxygen atoms in total. The van der Waals surface area contributed by atoms with Gasteiger partial charge in [0.05, 0.1) is 28.8 Å². The summed E-state index contributed by atoms with van der Waals surface area (Å²) < 4.78 is 2.38. The Kier molecular flexibility index (Phi) is 10.1. The van der Waals surface area contributed by atoms with Crippen LogP contribution < -0.4 is 4.90 Å². The minimum absolute atomic E-state index is 0.0214. The first-order valence-electron chi connectivity index (χ1n) is 20.8. The standard InChI is InChI=1S/C55H51N3/c1-5-6-18-39(2)57-53-26-16-10-14-23-48(53)49-37-42(29-36-54(49)57)52-35-33-45(38-56-52)58(44-30-27-41(28-31-44)40-19-11-7-8-12-20-40)43-21-17-25-51-47(34-32-43)46-22-13-9-15-24-50(46)55(51,3)4/h5-9,11-16,18-21,23-24,26-38,40H,10,17,22,25H2,1-4H3/b6-5-,34-32-,39-18+,43-21-. The first kappa shape index (κ1) is 37.1. The third kappa shape index (κ3) is 6.85. The van der Waals surface area contributed by atoms with Crippen molar-refractivity contribution in [2.24, 2.45) is 5.41 Å². The number of nitrogens with zero attached hydrogens (tertiary/aromatic N) is 3. The fraction of sp³-hybridized carbons (Fsp3) is 0.182. The molecule has 286 valence electrons. The molecule has 0 aliphatic heterocycles. The normalized spacial score (nSPS) is 20.1. The Labute approximate surface area is 344 Å². The zero-order chi connectivity index (χ0) is 39.6. The Morgan fingerprint density at radius 2 is 1.64 bits per heavy atom. The van der Waals surface area contributed by atoms with Crippen LogP contribution in [0, 0.1) is 5.41 Å². The van der Waals surface area contributed by atoms with Crippen LogP contribution in [0.15, 0.2) is 198 Å². The van der Waals surface area contributed by atoms with E-state index in [-0.39, 0.29) is 11.3 Å². The molecule has 0 bridgehead atoms. The van der Waals surface area contributed by atoms with Crippen molar-refractivity contribution in [2.45, 2.75) is 59.3 Å². The molecule has 5 aliphatic carbocycles. The van der Waals surface area contributed by atoms with E-state index in [0.717, 1.165) is 54.0 Å². The van der Waals surface area contributed by atoms with E-state index in [1.807, 2.05) is 6.20 Å². The number of allylic oxidation sites excluding steroid dienone is 23. The highest BCUT2D eigenvalue weighted by Gasteiger charge is 2.37. The average Bonchev–Trinajstić information content (AvgIpc) is 3.54. The summed E-state index contributed by atoms with van der Waals surface area (Å²) >= 11 is 0. The minimum atomic E-state index is 0.0214. The van der Waals surface area contributed by atoms with Crippen LogP contribution >= 0.6 is 0 Å². The highest BCUT2D eigenvalue weighted by atomic mass is 15.2. The smallest absolute Gasteiger partial charge is 0.0703 e. The van der Waals surface area contributed by atoms with Crippen molar-refractivity contribution in [3.8, 4) is 11.3 Å². The lowest BCUT2D eigenvalue weighted by Gasteiger charge is -2.29. The van der Waals surface area contributed by atoms with Gasteiger partial charge < -0.3 is 9.47 Å². The maximum absolute atomic E-state index is 5.18. The molecule has 0 N–H and O–H groups in total. The highest BCUT2D eigenvalue weighted by Crippen LogP contribution is 2.52. The number of aromatic nitrogens is 2. The SMILES string of the molecule is C/C=C\C=C(/C)n1c2c(c3cc(-c4ccc(N(C5=C\CCC6=C(/C=C\5)C5=C(C=CC=CC5)C6(C)C)c5ccc(C6C=CC=CC=C6)cc5)cn4)ccc31)C=CCC=C2. The van der Waals surface area contributed by atoms with Crippen LogP contribution in [0.25, 0.3) is 40.0 Å². The molecule has 58 heavy (non-hydrogen) atoms. The first-order chi connectivity index (χ1) is 28.4. The second-order valence-corrected chi connectivity index (χ2v) is 16.2. The third-order valence-corrected chi connectivity index (χ3v) is 12.2. The molecule has 0 atom stereocenters. The van der Waals surface area contributed by atoms with Gasteiger partial charge in [-0.05, 0) is 116 Å². The monoisotopic (exact) mass is 753 g/mol. The molecule has 3 heteroatoms. The van der Waals surface area contributed by atoms with Crippen LogP contribution in [0.1, 0.15) is 76.1 Å². The molecular formula is C55H51N3. The summed E-state index contributed by atoms with van der Waals surface area (Å²) in [5, 5.41) is 1.23. The van der Waals surface area contributed by atoms with Crippen molar-refractivity contribution >= 4 is 40.1 Å². The summed E-state index contributed by atoms with van der Waals surface area (Å²) in [6, 6.07) is 20.3. The average molecular weight is 754 g/mol. The van der Waals surface area contributed by atoms with E-state index in [2.05, 4.69) is 213 Å². The maximum atomic E-state index is 5.18. The van der Waals surface area contributed by atoms with E-state index in [0.29, 0.717) is 0 Å².